The Balaban J connectivity index is 1.42. The third-order valence-electron chi connectivity index (χ3n) is 5.42. The van der Waals surface area contributed by atoms with Crippen LogP contribution in [0.25, 0.3) is 0 Å². The maximum Gasteiger partial charge on any atom is 0.249 e. The molecule has 2 saturated heterocycles. The van der Waals surface area contributed by atoms with Crippen LogP contribution in [0.1, 0.15) is 36.0 Å². The Morgan fingerprint density at radius 3 is 2.78 bits per heavy atom. The van der Waals surface area contributed by atoms with Crippen molar-refractivity contribution in [3.8, 4) is 0 Å². The van der Waals surface area contributed by atoms with Gasteiger partial charge in [-0.15, -0.1) is 0 Å². The third-order valence-corrected chi connectivity index (χ3v) is 5.42. The average molecular weight is 374 g/mol. The van der Waals surface area contributed by atoms with Crippen molar-refractivity contribution >= 4 is 11.8 Å². The van der Waals surface area contributed by atoms with Crippen LogP contribution in [0, 0.1) is 13.8 Å². The second-order valence-electron chi connectivity index (χ2n) is 7.55. The van der Waals surface area contributed by atoms with Crippen molar-refractivity contribution in [1.29, 1.82) is 0 Å². The number of ether oxygens (including phenoxy) is 2. The van der Waals surface area contributed by atoms with E-state index in [1.54, 1.807) is 4.90 Å². The number of amides is 2. The zero-order chi connectivity index (χ0) is 19.2. The molecule has 0 unspecified atom stereocenters. The molecule has 0 aliphatic carbocycles. The maximum atomic E-state index is 12.5. The van der Waals surface area contributed by atoms with Gasteiger partial charge in [0.05, 0.1) is 19.3 Å². The summed E-state index contributed by atoms with van der Waals surface area (Å²) < 4.78 is 11.1. The fourth-order valence-corrected chi connectivity index (χ4v) is 3.52. The van der Waals surface area contributed by atoms with Gasteiger partial charge in [0.2, 0.25) is 11.8 Å². The van der Waals surface area contributed by atoms with Gasteiger partial charge in [0, 0.05) is 26.2 Å². The van der Waals surface area contributed by atoms with Gasteiger partial charge in [-0.25, -0.2) is 0 Å². The van der Waals surface area contributed by atoms with E-state index in [4.69, 9.17) is 9.47 Å². The lowest BCUT2D eigenvalue weighted by Crippen LogP contribution is -2.52. The summed E-state index contributed by atoms with van der Waals surface area (Å²) in [4.78, 5) is 28.2. The lowest BCUT2D eigenvalue weighted by Gasteiger charge is -2.34. The molecular weight excluding hydrogens is 344 g/mol. The first-order valence-corrected chi connectivity index (χ1v) is 9.84. The summed E-state index contributed by atoms with van der Waals surface area (Å²) in [5.74, 6) is -0.131. The molecule has 2 aliphatic rings. The first-order valence-electron chi connectivity index (χ1n) is 9.84. The topological polar surface area (TPSA) is 59.1 Å². The second-order valence-corrected chi connectivity index (χ2v) is 7.55. The van der Waals surface area contributed by atoms with E-state index in [1.165, 1.54) is 11.1 Å². The summed E-state index contributed by atoms with van der Waals surface area (Å²) in [7, 11) is 0. The van der Waals surface area contributed by atoms with Crippen molar-refractivity contribution in [2.75, 3.05) is 39.5 Å². The van der Waals surface area contributed by atoms with E-state index in [-0.39, 0.29) is 31.1 Å². The standard InChI is InChI=1S/C21H30N2O4/c1-16-6-7-18(11-17(16)2)12-22-8-9-23(13-20(22)24)21(25)15-26-14-19-5-3-4-10-27-19/h6-7,11,19H,3-5,8-10,12-15H2,1-2H3/t19-/m0/s1. The van der Waals surface area contributed by atoms with Gasteiger partial charge in [-0.1, -0.05) is 18.2 Å². The molecule has 0 bridgehead atoms. The van der Waals surface area contributed by atoms with E-state index < -0.39 is 0 Å². The molecule has 0 N–H and O–H groups in total. The van der Waals surface area contributed by atoms with Gasteiger partial charge in [-0.3, -0.25) is 9.59 Å². The number of rotatable bonds is 6. The first kappa shape index (κ1) is 19.8. The van der Waals surface area contributed by atoms with Crippen LogP contribution in [0.4, 0.5) is 0 Å². The van der Waals surface area contributed by atoms with Crippen LogP contribution in [0.15, 0.2) is 18.2 Å². The SMILES string of the molecule is Cc1ccc(CN2CCN(C(=O)COC[C@@H]3CCCCO3)CC2=O)cc1C. The number of hydrogen-bond donors (Lipinski definition) is 0. The van der Waals surface area contributed by atoms with Crippen LogP contribution >= 0.6 is 0 Å². The summed E-state index contributed by atoms with van der Waals surface area (Å²) >= 11 is 0. The van der Waals surface area contributed by atoms with Crippen LogP contribution in [-0.4, -0.2) is 67.2 Å². The molecule has 0 aromatic heterocycles. The smallest absolute Gasteiger partial charge is 0.249 e. The normalized spacial score (nSPS) is 20.8. The molecule has 6 nitrogen and oxygen atoms in total. The van der Waals surface area contributed by atoms with Crippen LogP contribution in [-0.2, 0) is 25.6 Å². The summed E-state index contributed by atoms with van der Waals surface area (Å²) in [5, 5.41) is 0. The van der Waals surface area contributed by atoms with E-state index in [9.17, 15) is 9.59 Å². The van der Waals surface area contributed by atoms with E-state index >= 15 is 0 Å². The van der Waals surface area contributed by atoms with Crippen LogP contribution < -0.4 is 0 Å². The van der Waals surface area contributed by atoms with Crippen molar-refractivity contribution in [3.63, 3.8) is 0 Å². The Hall–Kier alpha value is -1.92. The predicted octanol–water partition coefficient (Wildman–Crippen LogP) is 2.06. The largest absolute Gasteiger partial charge is 0.376 e. The molecule has 1 aromatic carbocycles. The number of carbonyl (C=O) groups is 2. The number of nitrogens with zero attached hydrogens (tertiary/aromatic N) is 2. The molecule has 2 heterocycles. The van der Waals surface area contributed by atoms with Gasteiger partial charge < -0.3 is 19.3 Å². The van der Waals surface area contributed by atoms with Crippen LogP contribution in [0.3, 0.4) is 0 Å². The second kappa shape index (κ2) is 9.33. The minimum Gasteiger partial charge on any atom is -0.376 e. The molecule has 1 atom stereocenters. The number of piperazine rings is 1. The van der Waals surface area contributed by atoms with E-state index in [2.05, 4.69) is 32.0 Å². The fourth-order valence-electron chi connectivity index (χ4n) is 3.52. The van der Waals surface area contributed by atoms with Gasteiger partial charge in [0.1, 0.15) is 6.61 Å². The molecular formula is C21H30N2O4. The van der Waals surface area contributed by atoms with Gasteiger partial charge in [0.25, 0.3) is 0 Å². The molecule has 0 spiro atoms. The first-order chi connectivity index (χ1) is 13.0. The number of benzene rings is 1. The third kappa shape index (κ3) is 5.53. The van der Waals surface area contributed by atoms with Crippen molar-refractivity contribution in [1.82, 2.24) is 9.80 Å². The van der Waals surface area contributed by atoms with Gasteiger partial charge in [-0.2, -0.15) is 0 Å². The Labute approximate surface area is 161 Å². The molecule has 0 saturated carbocycles. The molecule has 148 valence electrons. The summed E-state index contributed by atoms with van der Waals surface area (Å²) in [6.07, 6.45) is 3.34. The van der Waals surface area contributed by atoms with Gasteiger partial charge in [0.15, 0.2) is 0 Å². The highest BCUT2D eigenvalue weighted by molar-refractivity contribution is 5.86. The lowest BCUT2D eigenvalue weighted by atomic mass is 10.1. The Morgan fingerprint density at radius 1 is 1.22 bits per heavy atom. The molecule has 6 heteroatoms. The van der Waals surface area contributed by atoms with Crippen molar-refractivity contribution in [2.45, 2.75) is 45.8 Å². The van der Waals surface area contributed by atoms with E-state index in [0.717, 1.165) is 31.4 Å². The van der Waals surface area contributed by atoms with Crippen molar-refractivity contribution < 1.29 is 19.1 Å². The minimum atomic E-state index is -0.120. The van der Waals surface area contributed by atoms with E-state index in [1.807, 2.05) is 4.90 Å². The van der Waals surface area contributed by atoms with Gasteiger partial charge in [-0.05, 0) is 49.8 Å². The number of hydrogen-bond acceptors (Lipinski definition) is 4. The zero-order valence-corrected chi connectivity index (χ0v) is 16.4. The zero-order valence-electron chi connectivity index (χ0n) is 16.4. The molecule has 3 rings (SSSR count). The average Bonchev–Trinajstić information content (AvgIpc) is 2.67. The van der Waals surface area contributed by atoms with Crippen LogP contribution in [0.2, 0.25) is 0 Å². The Kier molecular flexibility index (Phi) is 6.85. The molecule has 0 radical (unpaired) electrons. The monoisotopic (exact) mass is 374 g/mol. The quantitative estimate of drug-likeness (QED) is 0.765. The van der Waals surface area contributed by atoms with E-state index in [0.29, 0.717) is 26.2 Å². The number of carbonyl (C=O) groups excluding carboxylic acids is 2. The highest BCUT2D eigenvalue weighted by Gasteiger charge is 2.27. The summed E-state index contributed by atoms with van der Waals surface area (Å²) in [5.41, 5.74) is 3.61. The summed E-state index contributed by atoms with van der Waals surface area (Å²) in [6, 6.07) is 6.28. The summed E-state index contributed by atoms with van der Waals surface area (Å²) in [6.45, 7) is 7.24. The van der Waals surface area contributed by atoms with Crippen LogP contribution in [0.5, 0.6) is 0 Å². The lowest BCUT2D eigenvalue weighted by molar-refractivity contribution is -0.149. The predicted molar refractivity (Wildman–Crippen MR) is 102 cm³/mol. The Morgan fingerprint density at radius 2 is 2.07 bits per heavy atom. The molecule has 1 aromatic rings. The van der Waals surface area contributed by atoms with Gasteiger partial charge >= 0.3 is 0 Å². The molecule has 2 amide bonds. The highest BCUT2D eigenvalue weighted by atomic mass is 16.5. The molecule has 27 heavy (non-hydrogen) atoms. The number of aryl methyl sites for hydroxylation is 2. The Bertz CT molecular complexity index is 670. The fraction of sp³-hybridized carbons (Fsp3) is 0.619. The van der Waals surface area contributed by atoms with Crippen molar-refractivity contribution in [2.24, 2.45) is 0 Å². The minimum absolute atomic E-state index is 0.0107. The molecule has 2 fully saturated rings. The highest BCUT2D eigenvalue weighted by Crippen LogP contribution is 2.15. The van der Waals surface area contributed by atoms with Crippen molar-refractivity contribution in [3.05, 3.63) is 34.9 Å². The maximum absolute atomic E-state index is 12.5. The molecule has 2 aliphatic heterocycles.